The van der Waals surface area contributed by atoms with E-state index in [1.807, 2.05) is 6.20 Å². The zero-order chi connectivity index (χ0) is 21.4. The van der Waals surface area contributed by atoms with Crippen molar-refractivity contribution in [2.75, 3.05) is 31.6 Å². The number of anilines is 1. The molecule has 1 aromatic carbocycles. The minimum atomic E-state index is -0.0114. The fraction of sp³-hybridized carbons (Fsp3) is 0.577. The highest BCUT2D eigenvalue weighted by Crippen LogP contribution is 2.34. The molecule has 0 bridgehead atoms. The molecule has 0 unspecified atom stereocenters. The molecule has 5 rings (SSSR count). The molecular formula is C26H37N5. The summed E-state index contributed by atoms with van der Waals surface area (Å²) in [5.41, 5.74) is 13.6. The molecule has 3 heterocycles. The van der Waals surface area contributed by atoms with Crippen LogP contribution in [0.25, 0.3) is 0 Å². The Kier molecular flexibility index (Phi) is 5.76. The van der Waals surface area contributed by atoms with E-state index in [0.29, 0.717) is 12.1 Å². The van der Waals surface area contributed by atoms with E-state index in [-0.39, 0.29) is 5.54 Å². The summed E-state index contributed by atoms with van der Waals surface area (Å²) in [7, 11) is 2.28. The number of fused-ring (bicyclic) bond motifs is 2. The number of nitrogens with zero attached hydrogens (tertiary/aromatic N) is 3. The van der Waals surface area contributed by atoms with Crippen LogP contribution < -0.4 is 16.0 Å². The van der Waals surface area contributed by atoms with Gasteiger partial charge >= 0.3 is 0 Å². The van der Waals surface area contributed by atoms with Gasteiger partial charge in [-0.3, -0.25) is 9.88 Å². The molecule has 5 nitrogen and oxygen atoms in total. The Hall–Kier alpha value is -1.95. The summed E-state index contributed by atoms with van der Waals surface area (Å²) in [6.45, 7) is 6.33. The van der Waals surface area contributed by atoms with Crippen molar-refractivity contribution >= 4 is 5.69 Å². The van der Waals surface area contributed by atoms with Crippen LogP contribution in [-0.4, -0.2) is 48.1 Å². The maximum Gasteiger partial charge on any atom is 0.0607 e. The van der Waals surface area contributed by atoms with E-state index in [1.165, 1.54) is 41.8 Å². The van der Waals surface area contributed by atoms with Crippen molar-refractivity contribution in [2.45, 2.75) is 69.6 Å². The van der Waals surface area contributed by atoms with Crippen LogP contribution in [0.5, 0.6) is 0 Å². The second-order valence-corrected chi connectivity index (χ2v) is 10.2. The Morgan fingerprint density at radius 3 is 2.84 bits per heavy atom. The quantitative estimate of drug-likeness (QED) is 0.795. The van der Waals surface area contributed by atoms with Crippen LogP contribution in [0.3, 0.4) is 0 Å². The molecule has 0 spiro atoms. The van der Waals surface area contributed by atoms with Crippen molar-refractivity contribution in [1.29, 1.82) is 0 Å². The summed E-state index contributed by atoms with van der Waals surface area (Å²) < 4.78 is 0. The highest BCUT2D eigenvalue weighted by atomic mass is 15.2. The molecule has 5 heteroatoms. The van der Waals surface area contributed by atoms with Crippen molar-refractivity contribution in [3.05, 3.63) is 58.9 Å². The first-order valence-electron chi connectivity index (χ1n) is 12.0. The first-order chi connectivity index (χ1) is 15.0. The summed E-state index contributed by atoms with van der Waals surface area (Å²) >= 11 is 0. The van der Waals surface area contributed by atoms with Gasteiger partial charge in [0, 0.05) is 49.6 Å². The number of hydrogen-bond donors (Lipinski definition) is 2. The number of hydrogen-bond acceptors (Lipinski definition) is 5. The zero-order valence-electron chi connectivity index (χ0n) is 19.1. The highest BCUT2D eigenvalue weighted by Gasteiger charge is 2.31. The second-order valence-electron chi connectivity index (χ2n) is 10.2. The monoisotopic (exact) mass is 419 g/mol. The highest BCUT2D eigenvalue weighted by molar-refractivity contribution is 5.58. The van der Waals surface area contributed by atoms with E-state index in [4.69, 9.17) is 10.7 Å². The van der Waals surface area contributed by atoms with E-state index in [0.717, 1.165) is 45.4 Å². The molecular weight excluding hydrogens is 382 g/mol. The first-order valence-corrected chi connectivity index (χ1v) is 12.0. The average Bonchev–Trinajstić information content (AvgIpc) is 2.78. The third-order valence-electron chi connectivity index (χ3n) is 7.73. The van der Waals surface area contributed by atoms with Gasteiger partial charge in [-0.15, -0.1) is 0 Å². The fourth-order valence-corrected chi connectivity index (χ4v) is 5.77. The van der Waals surface area contributed by atoms with Gasteiger partial charge in [0.25, 0.3) is 0 Å². The van der Waals surface area contributed by atoms with Gasteiger partial charge in [0.05, 0.1) is 11.7 Å². The van der Waals surface area contributed by atoms with Gasteiger partial charge in [-0.1, -0.05) is 18.2 Å². The smallest absolute Gasteiger partial charge is 0.0607 e. The SMILES string of the molecule is CN(C[C@@H]1Cc2c(cccc2N2CCC(C)(N)CC2)CN1)[C@H]1CCCc2cccnc21. The summed E-state index contributed by atoms with van der Waals surface area (Å²) in [4.78, 5) is 9.87. The number of likely N-dealkylation sites (N-methyl/N-ethyl adjacent to an activating group) is 1. The molecule has 31 heavy (non-hydrogen) atoms. The molecule has 1 fully saturated rings. The topological polar surface area (TPSA) is 57.4 Å². The maximum atomic E-state index is 6.39. The second kappa shape index (κ2) is 8.53. The number of benzene rings is 1. The number of pyridine rings is 1. The van der Waals surface area contributed by atoms with Crippen LogP contribution >= 0.6 is 0 Å². The van der Waals surface area contributed by atoms with E-state index in [9.17, 15) is 0 Å². The number of rotatable bonds is 4. The van der Waals surface area contributed by atoms with E-state index >= 15 is 0 Å². The van der Waals surface area contributed by atoms with Crippen LogP contribution in [0, 0.1) is 0 Å². The van der Waals surface area contributed by atoms with Crippen LogP contribution in [0.4, 0.5) is 5.69 Å². The first kappa shape index (κ1) is 20.9. The summed E-state index contributed by atoms with van der Waals surface area (Å²) in [5.74, 6) is 0. The predicted molar refractivity (Wildman–Crippen MR) is 127 cm³/mol. The van der Waals surface area contributed by atoms with Gasteiger partial charge in [-0.05, 0) is 81.3 Å². The third kappa shape index (κ3) is 4.36. The molecule has 166 valence electrons. The number of aromatic nitrogens is 1. The number of aryl methyl sites for hydroxylation is 1. The van der Waals surface area contributed by atoms with Gasteiger partial charge in [0.15, 0.2) is 0 Å². The Labute approximate surface area is 187 Å². The normalized spacial score (nSPS) is 25.2. The Morgan fingerprint density at radius 2 is 2.00 bits per heavy atom. The molecule has 0 radical (unpaired) electrons. The van der Waals surface area contributed by atoms with Crippen LogP contribution in [0.2, 0.25) is 0 Å². The molecule has 0 saturated carbocycles. The number of nitrogens with one attached hydrogen (secondary N) is 1. The largest absolute Gasteiger partial charge is 0.371 e. The number of piperidine rings is 1. The summed E-state index contributed by atoms with van der Waals surface area (Å²) in [5, 5.41) is 3.81. The van der Waals surface area contributed by atoms with Gasteiger partial charge in [0.2, 0.25) is 0 Å². The van der Waals surface area contributed by atoms with Gasteiger partial charge in [-0.2, -0.15) is 0 Å². The molecule has 2 atom stereocenters. The van der Waals surface area contributed by atoms with Crippen LogP contribution in [0.1, 0.15) is 61.0 Å². The molecule has 0 amide bonds. The third-order valence-corrected chi connectivity index (χ3v) is 7.73. The van der Waals surface area contributed by atoms with Crippen LogP contribution in [0.15, 0.2) is 36.5 Å². The molecule has 1 saturated heterocycles. The van der Waals surface area contributed by atoms with Crippen molar-refractivity contribution in [3.8, 4) is 0 Å². The minimum Gasteiger partial charge on any atom is -0.371 e. The van der Waals surface area contributed by atoms with E-state index in [1.54, 1.807) is 5.56 Å². The molecule has 1 aromatic heterocycles. The van der Waals surface area contributed by atoms with E-state index < -0.39 is 0 Å². The lowest BCUT2D eigenvalue weighted by atomic mass is 9.88. The fourth-order valence-electron chi connectivity index (χ4n) is 5.77. The molecule has 3 aliphatic rings. The summed E-state index contributed by atoms with van der Waals surface area (Å²) in [6.07, 6.45) is 8.81. The zero-order valence-corrected chi connectivity index (χ0v) is 19.1. The lowest BCUT2D eigenvalue weighted by molar-refractivity contribution is 0.191. The van der Waals surface area contributed by atoms with Crippen molar-refractivity contribution in [2.24, 2.45) is 5.73 Å². The van der Waals surface area contributed by atoms with Crippen molar-refractivity contribution in [1.82, 2.24) is 15.2 Å². The van der Waals surface area contributed by atoms with Crippen molar-refractivity contribution < 1.29 is 0 Å². The molecule has 2 aliphatic heterocycles. The molecule has 2 aromatic rings. The lowest BCUT2D eigenvalue weighted by Gasteiger charge is -2.41. The average molecular weight is 420 g/mol. The number of nitrogens with two attached hydrogens (primary N) is 1. The standard InChI is InChI=1S/C26H37N5/c1-26(27)11-14-31(15-12-26)23-9-4-7-20-17-29-21(16-22(20)23)18-30(2)24-10-3-6-19-8-5-13-28-25(19)24/h4-5,7-9,13,21,24,29H,3,6,10-12,14-18,27H2,1-2H3/t21-,24-/m0/s1. The minimum absolute atomic E-state index is 0.0114. The Balaban J connectivity index is 1.30. The Morgan fingerprint density at radius 1 is 1.19 bits per heavy atom. The van der Waals surface area contributed by atoms with E-state index in [2.05, 4.69) is 59.4 Å². The predicted octanol–water partition coefficient (Wildman–Crippen LogP) is 3.42. The summed E-state index contributed by atoms with van der Waals surface area (Å²) in [6, 6.07) is 12.1. The maximum absolute atomic E-state index is 6.39. The van der Waals surface area contributed by atoms with Gasteiger partial charge < -0.3 is 16.0 Å². The van der Waals surface area contributed by atoms with Crippen LogP contribution in [-0.2, 0) is 19.4 Å². The molecule has 1 aliphatic carbocycles. The van der Waals surface area contributed by atoms with Gasteiger partial charge in [-0.25, -0.2) is 0 Å². The molecule has 3 N–H and O–H groups in total. The van der Waals surface area contributed by atoms with Gasteiger partial charge in [0.1, 0.15) is 0 Å². The lowest BCUT2D eigenvalue weighted by Crippen LogP contribution is -2.49. The van der Waals surface area contributed by atoms with Crippen molar-refractivity contribution in [3.63, 3.8) is 0 Å². The Bertz CT molecular complexity index is 914.